The van der Waals surface area contributed by atoms with Crippen molar-refractivity contribution in [3.05, 3.63) is 129 Å². The molecule has 0 heterocycles. The third kappa shape index (κ3) is 7.83. The zero-order valence-electron chi connectivity index (χ0n) is 22.9. The van der Waals surface area contributed by atoms with Crippen molar-refractivity contribution < 1.29 is 24.4 Å². The number of hydroxylamine groups is 1. The summed E-state index contributed by atoms with van der Waals surface area (Å²) in [6.45, 7) is 0.661. The van der Waals surface area contributed by atoms with Gasteiger partial charge in [0.25, 0.3) is 5.69 Å². The van der Waals surface area contributed by atoms with Crippen LogP contribution < -0.4 is 25.6 Å². The fourth-order valence-electron chi connectivity index (χ4n) is 4.20. The van der Waals surface area contributed by atoms with E-state index < -0.39 is 11.0 Å². The van der Waals surface area contributed by atoms with Crippen molar-refractivity contribution in [2.24, 2.45) is 0 Å². The SMILES string of the molecule is COc1cc([C@H](Nc2ccc(C(=N)NO)cc2)C(=O)NCCc2ccc([N+](=O)[O-])cc2)ccc1OCc1ccccc1. The summed E-state index contributed by atoms with van der Waals surface area (Å²) in [5, 5.41) is 33.8. The van der Waals surface area contributed by atoms with Crippen molar-refractivity contribution in [1.82, 2.24) is 10.8 Å². The van der Waals surface area contributed by atoms with Gasteiger partial charge >= 0.3 is 0 Å². The Balaban J connectivity index is 1.52. The first-order chi connectivity index (χ1) is 20.4. The van der Waals surface area contributed by atoms with Crippen molar-refractivity contribution in [3.8, 4) is 11.5 Å². The second-order valence-corrected chi connectivity index (χ2v) is 9.29. The minimum absolute atomic E-state index is 0.00752. The van der Waals surface area contributed by atoms with Gasteiger partial charge in [-0.15, -0.1) is 0 Å². The van der Waals surface area contributed by atoms with Crippen LogP contribution in [0.25, 0.3) is 0 Å². The molecule has 4 rings (SSSR count). The number of nitrogens with zero attached hydrogens (tertiary/aromatic N) is 1. The van der Waals surface area contributed by atoms with E-state index in [2.05, 4.69) is 10.6 Å². The Labute approximate surface area is 242 Å². The smallest absolute Gasteiger partial charge is 0.269 e. The van der Waals surface area contributed by atoms with Crippen molar-refractivity contribution in [2.45, 2.75) is 19.1 Å². The number of nitro benzene ring substituents is 1. The third-order valence-electron chi connectivity index (χ3n) is 6.48. The molecular weight excluding hydrogens is 538 g/mol. The number of ether oxygens (including phenoxy) is 2. The van der Waals surface area contributed by atoms with E-state index in [1.54, 1.807) is 54.6 Å². The first kappa shape index (κ1) is 29.6. The monoisotopic (exact) mass is 569 g/mol. The number of carbonyl (C=O) groups excluding carboxylic acids is 1. The number of amides is 1. The number of hydrogen-bond acceptors (Lipinski definition) is 8. The Morgan fingerprint density at radius 1 is 0.952 bits per heavy atom. The molecule has 0 spiro atoms. The molecular formula is C31H31N5O6. The van der Waals surface area contributed by atoms with Gasteiger partial charge in [0.05, 0.1) is 12.0 Å². The lowest BCUT2D eigenvalue weighted by atomic mass is 10.0. The van der Waals surface area contributed by atoms with Gasteiger partial charge in [-0.3, -0.25) is 31.0 Å². The molecule has 0 aliphatic rings. The van der Waals surface area contributed by atoms with Crippen LogP contribution in [-0.2, 0) is 17.8 Å². The van der Waals surface area contributed by atoms with Gasteiger partial charge in [0.15, 0.2) is 11.5 Å². The molecule has 216 valence electrons. The van der Waals surface area contributed by atoms with Crippen LogP contribution in [0.4, 0.5) is 11.4 Å². The molecule has 0 unspecified atom stereocenters. The second kappa shape index (κ2) is 14.3. The van der Waals surface area contributed by atoms with Gasteiger partial charge in [-0.25, -0.2) is 0 Å². The summed E-state index contributed by atoms with van der Waals surface area (Å²) >= 11 is 0. The molecule has 0 saturated carbocycles. The van der Waals surface area contributed by atoms with E-state index in [-0.39, 0.29) is 17.4 Å². The summed E-state index contributed by atoms with van der Waals surface area (Å²) in [5.74, 6) is 0.539. The largest absolute Gasteiger partial charge is 0.493 e. The minimum atomic E-state index is -0.819. The quantitative estimate of drug-likeness (QED) is 0.0651. The number of non-ortho nitro benzene ring substituents is 1. The molecule has 1 amide bonds. The predicted octanol–water partition coefficient (Wildman–Crippen LogP) is 5.00. The number of methoxy groups -OCH3 is 1. The highest BCUT2D eigenvalue weighted by atomic mass is 16.6. The van der Waals surface area contributed by atoms with Gasteiger partial charge in [-0.1, -0.05) is 48.5 Å². The van der Waals surface area contributed by atoms with Gasteiger partial charge in [-0.05, 0) is 59.5 Å². The summed E-state index contributed by atoms with van der Waals surface area (Å²) in [6, 6.07) is 27.1. The number of rotatable bonds is 13. The average Bonchev–Trinajstić information content (AvgIpc) is 3.03. The topological polar surface area (TPSA) is 159 Å². The zero-order valence-corrected chi connectivity index (χ0v) is 22.9. The van der Waals surface area contributed by atoms with Crippen molar-refractivity contribution in [1.29, 1.82) is 5.41 Å². The Morgan fingerprint density at radius 2 is 1.67 bits per heavy atom. The van der Waals surface area contributed by atoms with Crippen molar-refractivity contribution in [2.75, 3.05) is 19.0 Å². The first-order valence-corrected chi connectivity index (χ1v) is 13.1. The van der Waals surface area contributed by atoms with Crippen LogP contribution in [0, 0.1) is 15.5 Å². The number of anilines is 1. The van der Waals surface area contributed by atoms with E-state index in [1.165, 1.54) is 19.2 Å². The molecule has 0 aliphatic carbocycles. The molecule has 0 aromatic heterocycles. The molecule has 0 radical (unpaired) electrons. The number of benzene rings is 4. The van der Waals surface area contributed by atoms with E-state index in [0.29, 0.717) is 47.9 Å². The highest BCUT2D eigenvalue weighted by molar-refractivity contribution is 5.95. The molecule has 0 aliphatic heterocycles. The van der Waals surface area contributed by atoms with Crippen LogP contribution >= 0.6 is 0 Å². The molecule has 4 aromatic carbocycles. The molecule has 1 atom stereocenters. The summed E-state index contributed by atoms with van der Waals surface area (Å²) in [5.41, 5.74) is 5.38. The normalized spacial score (nSPS) is 11.2. The molecule has 0 bridgehead atoms. The van der Waals surface area contributed by atoms with E-state index in [4.69, 9.17) is 20.1 Å². The summed E-state index contributed by atoms with van der Waals surface area (Å²) in [4.78, 5) is 23.9. The van der Waals surface area contributed by atoms with Crippen molar-refractivity contribution >= 4 is 23.1 Å². The van der Waals surface area contributed by atoms with Gasteiger partial charge in [0, 0.05) is 29.9 Å². The number of amidine groups is 1. The van der Waals surface area contributed by atoms with Crippen LogP contribution in [0.5, 0.6) is 11.5 Å². The maximum absolute atomic E-state index is 13.5. The number of nitro groups is 1. The predicted molar refractivity (Wildman–Crippen MR) is 158 cm³/mol. The van der Waals surface area contributed by atoms with Gasteiger partial charge in [0.1, 0.15) is 18.5 Å². The summed E-state index contributed by atoms with van der Waals surface area (Å²) < 4.78 is 11.6. The third-order valence-corrected chi connectivity index (χ3v) is 6.48. The molecule has 42 heavy (non-hydrogen) atoms. The Hall–Kier alpha value is -5.42. The van der Waals surface area contributed by atoms with Crippen LogP contribution in [0.15, 0.2) is 97.1 Å². The lowest BCUT2D eigenvalue weighted by Gasteiger charge is -2.22. The lowest BCUT2D eigenvalue weighted by Crippen LogP contribution is -2.34. The standard InChI is InChI=1S/C31H31N5O6/c1-41-28-19-24(11-16-27(28)42-20-22-5-3-2-4-6-22)29(34-25-12-9-23(10-13-25)30(32)35-38)31(37)33-18-17-21-7-14-26(15-8-21)36(39)40/h2-16,19,29,34,38H,17-18,20H2,1H3,(H2,32,35)(H,33,37)/t29-/m0/s1. The van der Waals surface area contributed by atoms with Crippen molar-refractivity contribution in [3.63, 3.8) is 0 Å². The van der Waals surface area contributed by atoms with Crippen LogP contribution in [-0.4, -0.2) is 35.5 Å². The van der Waals surface area contributed by atoms with E-state index in [9.17, 15) is 14.9 Å². The van der Waals surface area contributed by atoms with Crippen LogP contribution in [0.1, 0.15) is 28.3 Å². The number of hydrogen-bond donors (Lipinski definition) is 5. The average molecular weight is 570 g/mol. The summed E-state index contributed by atoms with van der Waals surface area (Å²) in [7, 11) is 1.53. The lowest BCUT2D eigenvalue weighted by molar-refractivity contribution is -0.384. The molecule has 4 aromatic rings. The molecule has 11 heteroatoms. The van der Waals surface area contributed by atoms with Crippen LogP contribution in [0.2, 0.25) is 0 Å². The summed E-state index contributed by atoms with van der Waals surface area (Å²) in [6.07, 6.45) is 0.483. The zero-order chi connectivity index (χ0) is 29.9. The minimum Gasteiger partial charge on any atom is -0.493 e. The highest BCUT2D eigenvalue weighted by Gasteiger charge is 2.22. The molecule has 11 nitrogen and oxygen atoms in total. The molecule has 5 N–H and O–H groups in total. The van der Waals surface area contributed by atoms with Gasteiger partial charge in [0.2, 0.25) is 5.91 Å². The van der Waals surface area contributed by atoms with E-state index >= 15 is 0 Å². The van der Waals surface area contributed by atoms with Gasteiger partial charge in [-0.2, -0.15) is 0 Å². The maximum Gasteiger partial charge on any atom is 0.269 e. The molecule has 0 fully saturated rings. The Kier molecular flexibility index (Phi) is 10.1. The number of carbonyl (C=O) groups is 1. The van der Waals surface area contributed by atoms with E-state index in [0.717, 1.165) is 11.1 Å². The maximum atomic E-state index is 13.5. The second-order valence-electron chi connectivity index (χ2n) is 9.29. The fourth-order valence-corrected chi connectivity index (χ4v) is 4.20. The Bertz CT molecular complexity index is 1510. The van der Waals surface area contributed by atoms with E-state index in [1.807, 2.05) is 35.8 Å². The first-order valence-electron chi connectivity index (χ1n) is 13.1. The van der Waals surface area contributed by atoms with Crippen LogP contribution in [0.3, 0.4) is 0 Å². The Morgan fingerprint density at radius 3 is 2.31 bits per heavy atom. The van der Waals surface area contributed by atoms with Gasteiger partial charge < -0.3 is 20.1 Å². The highest BCUT2D eigenvalue weighted by Crippen LogP contribution is 2.32. The fraction of sp³-hybridized carbons (Fsp3) is 0.161. The number of nitrogens with one attached hydrogen (secondary N) is 4. The molecule has 0 saturated heterocycles.